The Morgan fingerprint density at radius 2 is 2.27 bits per heavy atom. The van der Waals surface area contributed by atoms with Gasteiger partial charge in [0.05, 0.1) is 12.2 Å². The summed E-state index contributed by atoms with van der Waals surface area (Å²) in [5.41, 5.74) is 5.53. The van der Waals surface area contributed by atoms with Crippen molar-refractivity contribution in [3.05, 3.63) is 23.8 Å². The van der Waals surface area contributed by atoms with Crippen LogP contribution < -0.4 is 10.5 Å². The average Bonchev–Trinajstić information content (AvgIpc) is 2.17. The number of benzene rings is 1. The van der Waals surface area contributed by atoms with E-state index in [0.717, 1.165) is 0 Å². The molecule has 5 heteroatoms. The summed E-state index contributed by atoms with van der Waals surface area (Å²) in [7, 11) is 0. The van der Waals surface area contributed by atoms with Crippen LogP contribution in [0.3, 0.4) is 0 Å². The zero-order valence-corrected chi connectivity index (χ0v) is 8.30. The molecule has 15 heavy (non-hydrogen) atoms. The van der Waals surface area contributed by atoms with E-state index < -0.39 is 12.0 Å². The molecule has 1 aromatic carbocycles. The van der Waals surface area contributed by atoms with E-state index in [1.807, 2.05) is 0 Å². The zero-order valence-electron chi connectivity index (χ0n) is 8.30. The number of rotatable bonds is 4. The molecule has 0 aliphatic carbocycles. The zero-order chi connectivity index (χ0) is 11.4. The molecule has 1 unspecified atom stereocenters. The van der Waals surface area contributed by atoms with Gasteiger partial charge in [0.1, 0.15) is 17.5 Å². The standard InChI is InChI=1S/C10H13NO4/c1-2-15-7-5-3-4-6(12)8(7)9(11)10(13)14/h3-5,9,12H,2,11H2,1H3,(H,13,14). The Balaban J connectivity index is 3.17. The molecular formula is C10H13NO4. The highest BCUT2D eigenvalue weighted by Gasteiger charge is 2.22. The lowest BCUT2D eigenvalue weighted by Gasteiger charge is -2.14. The summed E-state index contributed by atoms with van der Waals surface area (Å²) in [6.45, 7) is 2.14. The highest BCUT2D eigenvalue weighted by Crippen LogP contribution is 2.32. The van der Waals surface area contributed by atoms with E-state index in [1.54, 1.807) is 19.1 Å². The van der Waals surface area contributed by atoms with E-state index in [9.17, 15) is 9.90 Å². The highest BCUT2D eigenvalue weighted by atomic mass is 16.5. The summed E-state index contributed by atoms with van der Waals surface area (Å²) in [6, 6.07) is 3.23. The third kappa shape index (κ3) is 2.38. The fourth-order valence-electron chi connectivity index (χ4n) is 1.25. The normalized spacial score (nSPS) is 12.1. The number of aromatic hydroxyl groups is 1. The Morgan fingerprint density at radius 3 is 2.80 bits per heavy atom. The van der Waals surface area contributed by atoms with Gasteiger partial charge in [-0.05, 0) is 19.1 Å². The molecule has 0 saturated carbocycles. The largest absolute Gasteiger partial charge is 0.507 e. The van der Waals surface area contributed by atoms with E-state index in [4.69, 9.17) is 15.6 Å². The SMILES string of the molecule is CCOc1cccc(O)c1C(N)C(=O)O. The van der Waals surface area contributed by atoms with E-state index in [-0.39, 0.29) is 11.3 Å². The van der Waals surface area contributed by atoms with Crippen molar-refractivity contribution in [1.29, 1.82) is 0 Å². The van der Waals surface area contributed by atoms with Gasteiger partial charge in [0, 0.05) is 0 Å². The fraction of sp³-hybridized carbons (Fsp3) is 0.300. The van der Waals surface area contributed by atoms with Gasteiger partial charge < -0.3 is 20.7 Å². The summed E-state index contributed by atoms with van der Waals surface area (Å²) in [6.07, 6.45) is 0. The maximum Gasteiger partial charge on any atom is 0.325 e. The number of hydrogen-bond acceptors (Lipinski definition) is 4. The number of aliphatic carboxylic acids is 1. The van der Waals surface area contributed by atoms with Crippen LogP contribution in [0.15, 0.2) is 18.2 Å². The molecule has 1 atom stereocenters. The van der Waals surface area contributed by atoms with Crippen molar-refractivity contribution < 1.29 is 19.7 Å². The van der Waals surface area contributed by atoms with Crippen LogP contribution in [0.4, 0.5) is 0 Å². The van der Waals surface area contributed by atoms with Crippen molar-refractivity contribution in [3.63, 3.8) is 0 Å². The first-order valence-electron chi connectivity index (χ1n) is 4.51. The van der Waals surface area contributed by atoms with Crippen LogP contribution in [0.1, 0.15) is 18.5 Å². The number of ether oxygens (including phenoxy) is 1. The summed E-state index contributed by atoms with van der Waals surface area (Å²) < 4.78 is 5.19. The lowest BCUT2D eigenvalue weighted by Crippen LogP contribution is -2.21. The molecular weight excluding hydrogens is 198 g/mol. The minimum Gasteiger partial charge on any atom is -0.507 e. The third-order valence-corrected chi connectivity index (χ3v) is 1.92. The Kier molecular flexibility index (Phi) is 3.51. The molecule has 0 heterocycles. The molecule has 0 aliphatic rings. The Hall–Kier alpha value is -1.75. The van der Waals surface area contributed by atoms with Gasteiger partial charge in [0.2, 0.25) is 0 Å². The summed E-state index contributed by atoms with van der Waals surface area (Å²) in [4.78, 5) is 10.7. The van der Waals surface area contributed by atoms with Crippen LogP contribution in [-0.4, -0.2) is 22.8 Å². The number of carboxylic acid groups (broad SMARTS) is 1. The first kappa shape index (κ1) is 11.3. The monoisotopic (exact) mass is 211 g/mol. The third-order valence-electron chi connectivity index (χ3n) is 1.92. The maximum absolute atomic E-state index is 10.7. The Morgan fingerprint density at radius 1 is 1.60 bits per heavy atom. The number of hydrogen-bond donors (Lipinski definition) is 3. The van der Waals surface area contributed by atoms with Crippen LogP contribution >= 0.6 is 0 Å². The summed E-state index contributed by atoms with van der Waals surface area (Å²) >= 11 is 0. The summed E-state index contributed by atoms with van der Waals surface area (Å²) in [5.74, 6) is -1.08. The predicted molar refractivity (Wildman–Crippen MR) is 53.8 cm³/mol. The van der Waals surface area contributed by atoms with Gasteiger partial charge >= 0.3 is 5.97 Å². The van der Waals surface area contributed by atoms with Gasteiger partial charge in [-0.15, -0.1) is 0 Å². The first-order valence-corrected chi connectivity index (χ1v) is 4.51. The predicted octanol–water partition coefficient (Wildman–Crippen LogP) is 0.875. The molecule has 0 spiro atoms. The van der Waals surface area contributed by atoms with Crippen LogP contribution in [0.2, 0.25) is 0 Å². The molecule has 0 bridgehead atoms. The number of phenols is 1. The number of nitrogens with two attached hydrogens (primary N) is 1. The van der Waals surface area contributed by atoms with Gasteiger partial charge in [-0.1, -0.05) is 6.07 Å². The highest BCUT2D eigenvalue weighted by molar-refractivity contribution is 5.77. The fourth-order valence-corrected chi connectivity index (χ4v) is 1.25. The molecule has 4 N–H and O–H groups in total. The van der Waals surface area contributed by atoms with E-state index in [1.165, 1.54) is 6.07 Å². The molecule has 5 nitrogen and oxygen atoms in total. The second kappa shape index (κ2) is 4.65. The van der Waals surface area contributed by atoms with Gasteiger partial charge in [-0.3, -0.25) is 4.79 Å². The topological polar surface area (TPSA) is 92.8 Å². The van der Waals surface area contributed by atoms with Crippen molar-refractivity contribution in [2.45, 2.75) is 13.0 Å². The number of carbonyl (C=O) groups is 1. The second-order valence-corrected chi connectivity index (χ2v) is 2.94. The molecule has 1 rings (SSSR count). The van der Waals surface area contributed by atoms with Gasteiger partial charge in [0.15, 0.2) is 0 Å². The Labute approximate surface area is 87.1 Å². The quantitative estimate of drug-likeness (QED) is 0.687. The molecule has 0 aromatic heterocycles. The van der Waals surface area contributed by atoms with Crippen LogP contribution in [0.5, 0.6) is 11.5 Å². The molecule has 0 radical (unpaired) electrons. The number of carboxylic acids is 1. The van der Waals surface area contributed by atoms with E-state index in [2.05, 4.69) is 0 Å². The molecule has 0 fully saturated rings. The molecule has 0 saturated heterocycles. The summed E-state index contributed by atoms with van der Waals surface area (Å²) in [5, 5.41) is 18.3. The van der Waals surface area contributed by atoms with Gasteiger partial charge in [-0.2, -0.15) is 0 Å². The second-order valence-electron chi connectivity index (χ2n) is 2.94. The molecule has 82 valence electrons. The first-order chi connectivity index (χ1) is 7.07. The van der Waals surface area contributed by atoms with Gasteiger partial charge in [-0.25, -0.2) is 0 Å². The van der Waals surface area contributed by atoms with Crippen molar-refractivity contribution in [1.82, 2.24) is 0 Å². The minimum atomic E-state index is -1.28. The smallest absolute Gasteiger partial charge is 0.325 e. The molecule has 0 aliphatic heterocycles. The van der Waals surface area contributed by atoms with Crippen molar-refractivity contribution >= 4 is 5.97 Å². The Bertz CT molecular complexity index is 364. The van der Waals surface area contributed by atoms with E-state index in [0.29, 0.717) is 12.4 Å². The lowest BCUT2D eigenvalue weighted by molar-refractivity contribution is -0.138. The average molecular weight is 211 g/mol. The lowest BCUT2D eigenvalue weighted by atomic mass is 10.1. The van der Waals surface area contributed by atoms with Crippen LogP contribution in [0.25, 0.3) is 0 Å². The molecule has 0 amide bonds. The minimum absolute atomic E-state index is 0.104. The molecule has 1 aromatic rings. The van der Waals surface area contributed by atoms with Crippen LogP contribution in [-0.2, 0) is 4.79 Å². The van der Waals surface area contributed by atoms with Gasteiger partial charge in [0.25, 0.3) is 0 Å². The van der Waals surface area contributed by atoms with Crippen LogP contribution in [0, 0.1) is 0 Å². The number of phenolic OH excluding ortho intramolecular Hbond substituents is 1. The van der Waals surface area contributed by atoms with Crippen molar-refractivity contribution in [2.24, 2.45) is 5.73 Å². The van der Waals surface area contributed by atoms with Crippen molar-refractivity contribution in [2.75, 3.05) is 6.61 Å². The maximum atomic E-state index is 10.7. The van der Waals surface area contributed by atoms with Crippen molar-refractivity contribution in [3.8, 4) is 11.5 Å². The van der Waals surface area contributed by atoms with E-state index >= 15 is 0 Å².